The van der Waals surface area contributed by atoms with Crippen molar-refractivity contribution in [3.05, 3.63) is 35.4 Å². The van der Waals surface area contributed by atoms with Gasteiger partial charge in [-0.05, 0) is 42.8 Å². The summed E-state index contributed by atoms with van der Waals surface area (Å²) in [5.74, 6) is -0.0641. The molecule has 4 nitrogen and oxygen atoms in total. The van der Waals surface area contributed by atoms with E-state index >= 15 is 0 Å². The molecule has 0 saturated heterocycles. The third kappa shape index (κ3) is 3.92. The van der Waals surface area contributed by atoms with Gasteiger partial charge in [-0.3, -0.25) is 4.79 Å². The number of carbonyl (C=O) groups excluding carboxylic acids is 1. The number of amides is 1. The van der Waals surface area contributed by atoms with Gasteiger partial charge in [0.25, 0.3) is 5.91 Å². The van der Waals surface area contributed by atoms with E-state index in [1.807, 2.05) is 36.2 Å². The lowest BCUT2D eigenvalue weighted by Crippen LogP contribution is -2.37. The third-order valence-corrected chi connectivity index (χ3v) is 3.54. The summed E-state index contributed by atoms with van der Waals surface area (Å²) >= 11 is 5.33. The van der Waals surface area contributed by atoms with Crippen LogP contribution in [0.15, 0.2) is 24.3 Å². The van der Waals surface area contributed by atoms with Crippen molar-refractivity contribution in [2.75, 3.05) is 14.1 Å². The molecule has 0 aliphatic heterocycles. The van der Waals surface area contributed by atoms with Gasteiger partial charge < -0.3 is 15.5 Å². The molecule has 1 amide bonds. The summed E-state index contributed by atoms with van der Waals surface area (Å²) in [5.41, 5.74) is 1.81. The van der Waals surface area contributed by atoms with Gasteiger partial charge in [-0.1, -0.05) is 12.1 Å². The van der Waals surface area contributed by atoms with Crippen LogP contribution in [0, 0.1) is 0 Å². The van der Waals surface area contributed by atoms with E-state index in [4.69, 9.17) is 12.2 Å². The fourth-order valence-electron chi connectivity index (χ4n) is 1.76. The molecule has 2 rings (SSSR count). The van der Waals surface area contributed by atoms with E-state index in [1.54, 1.807) is 7.05 Å². The predicted octanol–water partition coefficient (Wildman–Crippen LogP) is 1.51. The second-order valence-corrected chi connectivity index (χ2v) is 5.24. The van der Waals surface area contributed by atoms with E-state index < -0.39 is 0 Å². The second kappa shape index (κ2) is 6.02. The Morgan fingerprint density at radius 2 is 2.00 bits per heavy atom. The first-order valence-corrected chi connectivity index (χ1v) is 6.83. The number of hydrogen-bond acceptors (Lipinski definition) is 2. The van der Waals surface area contributed by atoms with Crippen molar-refractivity contribution in [1.29, 1.82) is 0 Å². The SMILES string of the molecule is CNC(=O)c1ccc(CN(C)C(=S)NC2CC2)cc1. The monoisotopic (exact) mass is 277 g/mol. The average Bonchev–Trinajstić information content (AvgIpc) is 3.22. The van der Waals surface area contributed by atoms with Crippen molar-refractivity contribution >= 4 is 23.2 Å². The van der Waals surface area contributed by atoms with Crippen LogP contribution in [0.2, 0.25) is 0 Å². The van der Waals surface area contributed by atoms with Crippen LogP contribution in [0.5, 0.6) is 0 Å². The number of hydrogen-bond donors (Lipinski definition) is 2. The molecule has 2 N–H and O–H groups in total. The topological polar surface area (TPSA) is 44.4 Å². The number of carbonyl (C=O) groups is 1. The molecule has 1 aliphatic rings. The molecule has 0 spiro atoms. The highest BCUT2D eigenvalue weighted by atomic mass is 32.1. The molecule has 0 aromatic heterocycles. The molecular formula is C14H19N3OS. The van der Waals surface area contributed by atoms with Crippen molar-refractivity contribution in [2.24, 2.45) is 0 Å². The Morgan fingerprint density at radius 3 is 2.53 bits per heavy atom. The smallest absolute Gasteiger partial charge is 0.251 e. The van der Waals surface area contributed by atoms with Crippen molar-refractivity contribution in [2.45, 2.75) is 25.4 Å². The van der Waals surface area contributed by atoms with Gasteiger partial charge in [0.1, 0.15) is 0 Å². The van der Waals surface area contributed by atoms with E-state index in [1.165, 1.54) is 12.8 Å². The van der Waals surface area contributed by atoms with Crippen LogP contribution >= 0.6 is 12.2 Å². The Labute approximate surface area is 119 Å². The number of thiocarbonyl (C=S) groups is 1. The van der Waals surface area contributed by atoms with Crippen LogP contribution in [0.4, 0.5) is 0 Å². The number of nitrogens with zero attached hydrogens (tertiary/aromatic N) is 1. The van der Waals surface area contributed by atoms with Crippen molar-refractivity contribution < 1.29 is 4.79 Å². The number of rotatable bonds is 4. The standard InChI is InChI=1S/C14H19N3OS/c1-15-13(18)11-5-3-10(4-6-11)9-17(2)14(19)16-12-7-8-12/h3-6,12H,7-9H2,1-2H3,(H,15,18)(H,16,19). The maximum Gasteiger partial charge on any atom is 0.251 e. The van der Waals surface area contributed by atoms with E-state index in [0.29, 0.717) is 11.6 Å². The van der Waals surface area contributed by atoms with Crippen LogP contribution in [0.1, 0.15) is 28.8 Å². The van der Waals surface area contributed by atoms with Gasteiger partial charge in [-0.2, -0.15) is 0 Å². The Hall–Kier alpha value is -1.62. The van der Waals surface area contributed by atoms with Gasteiger partial charge in [-0.25, -0.2) is 0 Å². The molecule has 1 fully saturated rings. The Morgan fingerprint density at radius 1 is 1.37 bits per heavy atom. The van der Waals surface area contributed by atoms with Crippen LogP contribution in [0.25, 0.3) is 0 Å². The number of nitrogens with one attached hydrogen (secondary N) is 2. The average molecular weight is 277 g/mol. The zero-order valence-corrected chi connectivity index (χ0v) is 12.1. The summed E-state index contributed by atoms with van der Waals surface area (Å²) in [5, 5.41) is 6.70. The lowest BCUT2D eigenvalue weighted by Gasteiger charge is -2.21. The molecule has 0 unspecified atom stereocenters. The predicted molar refractivity (Wildman–Crippen MR) is 80.1 cm³/mol. The largest absolute Gasteiger partial charge is 0.360 e. The van der Waals surface area contributed by atoms with Crippen LogP contribution in [-0.4, -0.2) is 36.1 Å². The highest BCUT2D eigenvalue weighted by Crippen LogP contribution is 2.19. The van der Waals surface area contributed by atoms with Crippen molar-refractivity contribution in [3.8, 4) is 0 Å². The molecule has 0 radical (unpaired) electrons. The molecule has 1 aromatic rings. The highest BCUT2D eigenvalue weighted by Gasteiger charge is 2.22. The Kier molecular flexibility index (Phi) is 4.37. The van der Waals surface area contributed by atoms with E-state index in [2.05, 4.69) is 10.6 Å². The van der Waals surface area contributed by atoms with Crippen LogP contribution in [-0.2, 0) is 6.54 Å². The second-order valence-electron chi connectivity index (χ2n) is 4.86. The minimum atomic E-state index is -0.0641. The molecule has 1 aromatic carbocycles. The minimum Gasteiger partial charge on any atom is -0.360 e. The lowest BCUT2D eigenvalue weighted by atomic mass is 10.1. The molecule has 0 bridgehead atoms. The fraction of sp³-hybridized carbons (Fsp3) is 0.429. The maximum absolute atomic E-state index is 11.4. The third-order valence-electron chi connectivity index (χ3n) is 3.11. The maximum atomic E-state index is 11.4. The molecule has 102 valence electrons. The quantitative estimate of drug-likeness (QED) is 0.819. The van der Waals surface area contributed by atoms with Gasteiger partial charge in [0.2, 0.25) is 0 Å². The summed E-state index contributed by atoms with van der Waals surface area (Å²) in [6, 6.07) is 8.16. The van der Waals surface area contributed by atoms with Gasteiger partial charge in [-0.15, -0.1) is 0 Å². The highest BCUT2D eigenvalue weighted by molar-refractivity contribution is 7.80. The van der Waals surface area contributed by atoms with Crippen LogP contribution < -0.4 is 10.6 Å². The normalized spacial score (nSPS) is 13.8. The molecule has 0 atom stereocenters. The van der Waals surface area contributed by atoms with E-state index in [9.17, 15) is 4.79 Å². The lowest BCUT2D eigenvalue weighted by molar-refractivity contribution is 0.0963. The first kappa shape index (κ1) is 13.8. The zero-order valence-electron chi connectivity index (χ0n) is 11.3. The van der Waals surface area contributed by atoms with Gasteiger partial charge in [0, 0.05) is 32.2 Å². The Bertz CT molecular complexity index is 468. The molecular weight excluding hydrogens is 258 g/mol. The molecule has 1 saturated carbocycles. The van der Waals surface area contributed by atoms with Crippen molar-refractivity contribution in [3.63, 3.8) is 0 Å². The first-order valence-electron chi connectivity index (χ1n) is 6.43. The number of benzene rings is 1. The summed E-state index contributed by atoms with van der Waals surface area (Å²) in [4.78, 5) is 13.4. The first-order chi connectivity index (χ1) is 9.10. The minimum absolute atomic E-state index is 0.0641. The Balaban J connectivity index is 1.90. The molecule has 5 heteroatoms. The summed E-state index contributed by atoms with van der Waals surface area (Å²) in [7, 11) is 3.61. The van der Waals surface area contributed by atoms with Gasteiger partial charge >= 0.3 is 0 Å². The summed E-state index contributed by atoms with van der Waals surface area (Å²) in [6.45, 7) is 0.743. The molecule has 19 heavy (non-hydrogen) atoms. The molecule has 1 aliphatic carbocycles. The van der Waals surface area contributed by atoms with Gasteiger partial charge in [0.05, 0.1) is 0 Å². The van der Waals surface area contributed by atoms with E-state index in [-0.39, 0.29) is 5.91 Å². The van der Waals surface area contributed by atoms with Crippen LogP contribution in [0.3, 0.4) is 0 Å². The zero-order chi connectivity index (χ0) is 13.8. The molecule has 0 heterocycles. The summed E-state index contributed by atoms with van der Waals surface area (Å²) in [6.07, 6.45) is 2.43. The van der Waals surface area contributed by atoms with E-state index in [0.717, 1.165) is 17.2 Å². The van der Waals surface area contributed by atoms with Gasteiger partial charge in [0.15, 0.2) is 5.11 Å². The van der Waals surface area contributed by atoms with Crippen molar-refractivity contribution in [1.82, 2.24) is 15.5 Å². The summed E-state index contributed by atoms with van der Waals surface area (Å²) < 4.78 is 0. The fourth-order valence-corrected chi connectivity index (χ4v) is 2.00.